The average Bonchev–Trinajstić information content (AvgIpc) is 3.16. The minimum absolute atomic E-state index is 0.204. The normalized spacial score (nSPS) is 10.5. The molecule has 0 aliphatic rings. The number of aryl methyl sites for hydroxylation is 1. The van der Waals surface area contributed by atoms with Crippen LogP contribution in [0.15, 0.2) is 41.0 Å². The van der Waals surface area contributed by atoms with Gasteiger partial charge in [-0.3, -0.25) is 4.79 Å². The fourth-order valence-electron chi connectivity index (χ4n) is 2.42. The van der Waals surface area contributed by atoms with Crippen LogP contribution in [0.25, 0.3) is 0 Å². The highest BCUT2D eigenvalue weighted by molar-refractivity contribution is 5.77. The smallest absolute Gasteiger partial charge is 0.278 e. The van der Waals surface area contributed by atoms with E-state index in [0.29, 0.717) is 23.9 Å². The molecule has 0 fully saturated rings. The molecule has 0 saturated carbocycles. The molecular formula is C19H21FN6O4. The number of halogens is 1. The van der Waals surface area contributed by atoms with Crippen molar-refractivity contribution in [3.05, 3.63) is 53.5 Å². The molecule has 0 aliphatic heterocycles. The van der Waals surface area contributed by atoms with Crippen LogP contribution in [0, 0.1) is 12.7 Å². The highest BCUT2D eigenvalue weighted by atomic mass is 19.1. The van der Waals surface area contributed by atoms with Crippen LogP contribution < -0.4 is 19.7 Å². The lowest BCUT2D eigenvalue weighted by molar-refractivity contribution is -0.123. The molecule has 2 aromatic heterocycles. The number of carbonyl (C=O) groups excluding carboxylic acids is 1. The lowest BCUT2D eigenvalue weighted by Crippen LogP contribution is -2.32. The minimum atomic E-state index is -0.326. The van der Waals surface area contributed by atoms with Crippen LogP contribution in [0.3, 0.4) is 0 Å². The van der Waals surface area contributed by atoms with E-state index in [9.17, 15) is 9.18 Å². The fraction of sp³-hybridized carbons (Fsp3) is 0.316. The molecule has 11 heteroatoms. The summed E-state index contributed by atoms with van der Waals surface area (Å²) in [6.07, 6.45) is 0. The molecule has 3 aromatic rings. The second-order valence-corrected chi connectivity index (χ2v) is 6.35. The molecule has 3 rings (SSSR count). The number of nitrogens with zero attached hydrogens (tertiary/aromatic N) is 5. The van der Waals surface area contributed by atoms with E-state index >= 15 is 0 Å². The zero-order chi connectivity index (χ0) is 21.3. The maximum absolute atomic E-state index is 13.0. The second kappa shape index (κ2) is 10.1. The first-order chi connectivity index (χ1) is 14.5. The number of anilines is 1. The van der Waals surface area contributed by atoms with Gasteiger partial charge in [0, 0.05) is 19.7 Å². The van der Waals surface area contributed by atoms with Crippen LogP contribution in [-0.2, 0) is 11.3 Å². The van der Waals surface area contributed by atoms with Crippen molar-refractivity contribution in [3.63, 3.8) is 0 Å². The number of carbonyl (C=O) groups is 1. The predicted octanol–water partition coefficient (Wildman–Crippen LogP) is 1.52. The lowest BCUT2D eigenvalue weighted by atomic mass is 10.2. The average molecular weight is 416 g/mol. The van der Waals surface area contributed by atoms with E-state index in [1.807, 2.05) is 11.9 Å². The molecule has 0 spiro atoms. The fourth-order valence-corrected chi connectivity index (χ4v) is 2.42. The summed E-state index contributed by atoms with van der Waals surface area (Å²) < 4.78 is 28.1. The molecule has 1 aromatic carbocycles. The van der Waals surface area contributed by atoms with Gasteiger partial charge in [0.25, 0.3) is 11.8 Å². The van der Waals surface area contributed by atoms with E-state index in [2.05, 4.69) is 30.5 Å². The Morgan fingerprint density at radius 2 is 1.93 bits per heavy atom. The third-order valence-corrected chi connectivity index (χ3v) is 3.98. The van der Waals surface area contributed by atoms with E-state index in [1.54, 1.807) is 31.2 Å². The SMILES string of the molecule is Cc1nonc1OCCNC(=O)COc1ccc(N(C)Cc2ccc(F)cc2)nn1. The molecule has 30 heavy (non-hydrogen) atoms. The van der Waals surface area contributed by atoms with Crippen molar-refractivity contribution in [1.29, 1.82) is 0 Å². The van der Waals surface area contributed by atoms with Gasteiger partial charge in [0.2, 0.25) is 5.88 Å². The Kier molecular flexibility index (Phi) is 7.09. The van der Waals surface area contributed by atoms with E-state index in [0.717, 1.165) is 5.56 Å². The number of aromatic nitrogens is 4. The van der Waals surface area contributed by atoms with E-state index < -0.39 is 0 Å². The highest BCUT2D eigenvalue weighted by Gasteiger charge is 2.09. The largest absolute Gasteiger partial charge is 0.472 e. The van der Waals surface area contributed by atoms with E-state index in [-0.39, 0.29) is 37.4 Å². The summed E-state index contributed by atoms with van der Waals surface area (Å²) in [5.74, 6) is 0.533. The molecule has 158 valence electrons. The monoisotopic (exact) mass is 416 g/mol. The van der Waals surface area contributed by atoms with Crippen molar-refractivity contribution >= 4 is 11.7 Å². The molecule has 0 unspecified atom stereocenters. The van der Waals surface area contributed by atoms with Crippen molar-refractivity contribution < 1.29 is 23.3 Å². The molecule has 1 N–H and O–H groups in total. The van der Waals surface area contributed by atoms with Crippen molar-refractivity contribution in [2.75, 3.05) is 31.7 Å². The zero-order valence-electron chi connectivity index (χ0n) is 16.5. The summed E-state index contributed by atoms with van der Waals surface area (Å²) >= 11 is 0. The van der Waals surface area contributed by atoms with Crippen LogP contribution in [0.5, 0.6) is 11.8 Å². The Bertz CT molecular complexity index is 948. The van der Waals surface area contributed by atoms with Crippen LogP contribution in [-0.4, -0.2) is 53.2 Å². The predicted molar refractivity (Wildman–Crippen MR) is 104 cm³/mol. The van der Waals surface area contributed by atoms with Crippen molar-refractivity contribution in [3.8, 4) is 11.8 Å². The van der Waals surface area contributed by atoms with Gasteiger partial charge in [0.1, 0.15) is 18.1 Å². The van der Waals surface area contributed by atoms with Crippen molar-refractivity contribution in [2.24, 2.45) is 0 Å². The Morgan fingerprint density at radius 3 is 2.60 bits per heavy atom. The van der Waals surface area contributed by atoms with Crippen molar-refractivity contribution in [2.45, 2.75) is 13.5 Å². The Morgan fingerprint density at radius 1 is 1.13 bits per heavy atom. The number of nitrogens with one attached hydrogen (secondary N) is 1. The Hall–Kier alpha value is -3.76. The quantitative estimate of drug-likeness (QED) is 0.491. The van der Waals surface area contributed by atoms with E-state index in [4.69, 9.17) is 9.47 Å². The number of ether oxygens (including phenoxy) is 2. The van der Waals surface area contributed by atoms with Gasteiger partial charge in [-0.2, -0.15) is 0 Å². The van der Waals surface area contributed by atoms with Crippen LogP contribution in [0.1, 0.15) is 11.3 Å². The van der Waals surface area contributed by atoms with Gasteiger partial charge in [0.05, 0.1) is 6.54 Å². The first-order valence-corrected chi connectivity index (χ1v) is 9.12. The van der Waals surface area contributed by atoms with E-state index in [1.165, 1.54) is 12.1 Å². The summed E-state index contributed by atoms with van der Waals surface area (Å²) in [6.45, 7) is 2.53. The van der Waals surface area contributed by atoms with Crippen LogP contribution >= 0.6 is 0 Å². The molecule has 10 nitrogen and oxygen atoms in total. The standard InChI is InChI=1S/C19H21FN6O4/c1-13-19(25-30-24-13)28-10-9-21-17(27)12-29-18-8-7-16(22-23-18)26(2)11-14-3-5-15(20)6-4-14/h3-8H,9-12H2,1-2H3,(H,21,27). The van der Waals surface area contributed by atoms with Gasteiger partial charge in [-0.15, -0.1) is 10.2 Å². The maximum atomic E-state index is 13.0. The summed E-state index contributed by atoms with van der Waals surface area (Å²) in [5.41, 5.74) is 1.48. The first-order valence-electron chi connectivity index (χ1n) is 9.12. The topological polar surface area (TPSA) is 116 Å². The maximum Gasteiger partial charge on any atom is 0.278 e. The molecule has 0 radical (unpaired) electrons. The number of amides is 1. The van der Waals surface area contributed by atoms with Gasteiger partial charge < -0.3 is 19.7 Å². The van der Waals surface area contributed by atoms with Crippen molar-refractivity contribution in [1.82, 2.24) is 25.8 Å². The summed E-state index contributed by atoms with van der Waals surface area (Å²) in [7, 11) is 1.85. The first kappa shape index (κ1) is 21.0. The highest BCUT2D eigenvalue weighted by Crippen LogP contribution is 2.15. The van der Waals surface area contributed by atoms with Gasteiger partial charge in [0.15, 0.2) is 12.4 Å². The molecule has 1 amide bonds. The minimum Gasteiger partial charge on any atom is -0.472 e. The molecule has 0 atom stereocenters. The van der Waals surface area contributed by atoms with Gasteiger partial charge in [-0.05, 0) is 35.8 Å². The molecule has 2 heterocycles. The van der Waals surface area contributed by atoms with Gasteiger partial charge >= 0.3 is 0 Å². The molecule has 0 bridgehead atoms. The van der Waals surface area contributed by atoms with Gasteiger partial charge in [-0.25, -0.2) is 9.02 Å². The number of hydrogen-bond acceptors (Lipinski definition) is 9. The number of hydrogen-bond donors (Lipinski definition) is 1. The number of rotatable bonds is 10. The Balaban J connectivity index is 1.37. The Labute approximate surface area is 172 Å². The van der Waals surface area contributed by atoms with Gasteiger partial charge in [-0.1, -0.05) is 17.3 Å². The third-order valence-electron chi connectivity index (χ3n) is 3.98. The van der Waals surface area contributed by atoms with Crippen LogP contribution in [0.2, 0.25) is 0 Å². The molecule has 0 saturated heterocycles. The molecular weight excluding hydrogens is 395 g/mol. The summed E-state index contributed by atoms with van der Waals surface area (Å²) in [6, 6.07) is 9.60. The second-order valence-electron chi connectivity index (χ2n) is 6.35. The third kappa shape index (κ3) is 6.12. The lowest BCUT2D eigenvalue weighted by Gasteiger charge is -2.17. The van der Waals surface area contributed by atoms with Crippen LogP contribution in [0.4, 0.5) is 10.2 Å². The molecule has 0 aliphatic carbocycles. The summed E-state index contributed by atoms with van der Waals surface area (Å²) in [5, 5.41) is 17.9. The zero-order valence-corrected chi connectivity index (χ0v) is 16.5. The number of benzene rings is 1. The summed E-state index contributed by atoms with van der Waals surface area (Å²) in [4.78, 5) is 13.7.